The Kier molecular flexibility index (Phi) is 7.21. The van der Waals surface area contributed by atoms with Crippen LogP contribution in [0.1, 0.15) is 49.7 Å². The summed E-state index contributed by atoms with van der Waals surface area (Å²) in [5.41, 5.74) is 0.961. The van der Waals surface area contributed by atoms with E-state index in [4.69, 9.17) is 9.47 Å². The van der Waals surface area contributed by atoms with E-state index in [1.165, 1.54) is 14.2 Å². The summed E-state index contributed by atoms with van der Waals surface area (Å²) in [6, 6.07) is 7.78. The molecule has 1 heterocycles. The van der Waals surface area contributed by atoms with Crippen LogP contribution in [0.15, 0.2) is 24.3 Å². The molecule has 1 N–H and O–H groups in total. The predicted molar refractivity (Wildman–Crippen MR) is 115 cm³/mol. The molecule has 1 aliphatic carbocycles. The van der Waals surface area contributed by atoms with Crippen molar-refractivity contribution in [3.63, 3.8) is 0 Å². The summed E-state index contributed by atoms with van der Waals surface area (Å²) in [7, 11) is 2.91. The van der Waals surface area contributed by atoms with Crippen LogP contribution in [0.25, 0.3) is 0 Å². The molecule has 1 saturated heterocycles. The standard InChI is InChI=1S/C24H30N2O5/c1-17-6-4-7-18(16-17)11-14-24(31-22(28)10-9-21(27)25-2)13-5-8-20-19(24)12-15-26(20)23(29)30-3/h4,6-7,16,19-20H,5,8-10,12-13,15H2,1-3H3,(H,25,27). The summed E-state index contributed by atoms with van der Waals surface area (Å²) in [5, 5.41) is 2.51. The van der Waals surface area contributed by atoms with Crippen LogP contribution >= 0.6 is 0 Å². The van der Waals surface area contributed by atoms with Crippen molar-refractivity contribution in [1.82, 2.24) is 10.2 Å². The lowest BCUT2D eigenvalue weighted by molar-refractivity contribution is -0.163. The number of hydrogen-bond acceptors (Lipinski definition) is 5. The van der Waals surface area contributed by atoms with Crippen LogP contribution in [0.5, 0.6) is 0 Å². The van der Waals surface area contributed by atoms with Gasteiger partial charge in [-0.05, 0) is 56.2 Å². The van der Waals surface area contributed by atoms with Gasteiger partial charge in [0, 0.05) is 37.5 Å². The lowest BCUT2D eigenvalue weighted by Gasteiger charge is -2.42. The second kappa shape index (κ2) is 9.86. The number of nitrogens with zero attached hydrogens (tertiary/aromatic N) is 1. The highest BCUT2D eigenvalue weighted by atomic mass is 16.6. The third kappa shape index (κ3) is 5.19. The van der Waals surface area contributed by atoms with Gasteiger partial charge in [0.25, 0.3) is 0 Å². The predicted octanol–water partition coefficient (Wildman–Crippen LogP) is 2.80. The third-order valence-electron chi connectivity index (χ3n) is 6.17. The van der Waals surface area contributed by atoms with Gasteiger partial charge in [-0.1, -0.05) is 18.1 Å². The van der Waals surface area contributed by atoms with Gasteiger partial charge in [-0.25, -0.2) is 4.79 Å². The number of carbonyl (C=O) groups is 3. The lowest BCUT2D eigenvalue weighted by atomic mass is 9.72. The number of likely N-dealkylation sites (tertiary alicyclic amines) is 1. The molecule has 3 atom stereocenters. The zero-order valence-corrected chi connectivity index (χ0v) is 18.4. The number of esters is 1. The van der Waals surface area contributed by atoms with Gasteiger partial charge in [-0.2, -0.15) is 0 Å². The van der Waals surface area contributed by atoms with Crippen LogP contribution in [0.3, 0.4) is 0 Å². The van der Waals surface area contributed by atoms with E-state index in [1.54, 1.807) is 4.90 Å². The van der Waals surface area contributed by atoms with Crippen LogP contribution in [-0.2, 0) is 19.1 Å². The Hall–Kier alpha value is -3.01. The summed E-state index contributed by atoms with van der Waals surface area (Å²) >= 11 is 0. The average molecular weight is 427 g/mol. The molecule has 31 heavy (non-hydrogen) atoms. The SMILES string of the molecule is CNC(=O)CCC(=O)OC1(C#Cc2cccc(C)c2)CCCC2C1CCN2C(=O)OC. The van der Waals surface area contributed by atoms with Crippen LogP contribution in [0.4, 0.5) is 4.79 Å². The van der Waals surface area contributed by atoms with Crippen molar-refractivity contribution in [3.05, 3.63) is 35.4 Å². The third-order valence-corrected chi connectivity index (χ3v) is 6.17. The zero-order chi connectivity index (χ0) is 22.4. The second-order valence-corrected chi connectivity index (χ2v) is 8.17. The zero-order valence-electron chi connectivity index (χ0n) is 18.4. The summed E-state index contributed by atoms with van der Waals surface area (Å²) < 4.78 is 11.0. The number of fused-ring (bicyclic) bond motifs is 1. The number of rotatable bonds is 4. The molecule has 7 nitrogen and oxygen atoms in total. The van der Waals surface area contributed by atoms with E-state index >= 15 is 0 Å². The molecule has 3 rings (SSSR count). The van der Waals surface area contributed by atoms with Crippen molar-refractivity contribution >= 4 is 18.0 Å². The van der Waals surface area contributed by atoms with E-state index in [0.717, 1.165) is 24.0 Å². The van der Waals surface area contributed by atoms with E-state index in [9.17, 15) is 14.4 Å². The number of nitrogens with one attached hydrogen (secondary N) is 1. The molecule has 0 radical (unpaired) electrons. The van der Waals surface area contributed by atoms with Crippen molar-refractivity contribution in [2.45, 2.75) is 57.1 Å². The summed E-state index contributed by atoms with van der Waals surface area (Å²) in [4.78, 5) is 38.2. The highest BCUT2D eigenvalue weighted by Gasteiger charge is 2.53. The van der Waals surface area contributed by atoms with Gasteiger partial charge >= 0.3 is 12.1 Å². The van der Waals surface area contributed by atoms with E-state index in [-0.39, 0.29) is 36.8 Å². The molecule has 3 unspecified atom stereocenters. The summed E-state index contributed by atoms with van der Waals surface area (Å²) in [5.74, 6) is 5.74. The van der Waals surface area contributed by atoms with Crippen molar-refractivity contribution in [3.8, 4) is 11.8 Å². The molecule has 0 bridgehead atoms. The Morgan fingerprint density at radius 2 is 2.06 bits per heavy atom. The first-order chi connectivity index (χ1) is 14.9. The number of amides is 2. The van der Waals surface area contributed by atoms with E-state index < -0.39 is 11.6 Å². The lowest BCUT2D eigenvalue weighted by Crippen LogP contribution is -2.51. The molecule has 1 aliphatic heterocycles. The minimum Gasteiger partial charge on any atom is -0.453 e. The first-order valence-corrected chi connectivity index (χ1v) is 10.8. The minimum atomic E-state index is -0.991. The molecule has 2 amide bonds. The van der Waals surface area contributed by atoms with Crippen LogP contribution < -0.4 is 5.32 Å². The normalized spacial score (nSPS) is 24.4. The molecule has 7 heteroatoms. The average Bonchev–Trinajstić information content (AvgIpc) is 3.21. The Balaban J connectivity index is 1.90. The number of carbonyl (C=O) groups excluding carboxylic acids is 3. The van der Waals surface area contributed by atoms with Crippen LogP contribution in [0, 0.1) is 24.7 Å². The highest BCUT2D eigenvalue weighted by molar-refractivity contribution is 5.81. The monoisotopic (exact) mass is 426 g/mol. The fourth-order valence-corrected chi connectivity index (χ4v) is 4.66. The maximum Gasteiger partial charge on any atom is 0.409 e. The van der Waals surface area contributed by atoms with Gasteiger partial charge < -0.3 is 19.7 Å². The minimum absolute atomic E-state index is 0.00828. The molecule has 0 aromatic heterocycles. The van der Waals surface area contributed by atoms with E-state index in [1.807, 2.05) is 31.2 Å². The maximum absolute atomic E-state index is 12.7. The largest absolute Gasteiger partial charge is 0.453 e. The van der Waals surface area contributed by atoms with Crippen molar-refractivity contribution < 1.29 is 23.9 Å². The van der Waals surface area contributed by atoms with Gasteiger partial charge in [0.2, 0.25) is 5.91 Å². The Morgan fingerprint density at radius 1 is 1.26 bits per heavy atom. The molecule has 1 aromatic rings. The van der Waals surface area contributed by atoms with E-state index in [0.29, 0.717) is 19.4 Å². The summed E-state index contributed by atoms with van der Waals surface area (Å²) in [6.07, 6.45) is 2.59. The fraction of sp³-hybridized carbons (Fsp3) is 0.542. The van der Waals surface area contributed by atoms with Crippen LogP contribution in [-0.4, -0.2) is 55.2 Å². The number of ether oxygens (including phenoxy) is 2. The maximum atomic E-state index is 12.7. The van der Waals surface area contributed by atoms with Gasteiger partial charge in [-0.3, -0.25) is 9.59 Å². The Labute approximate surface area is 183 Å². The number of methoxy groups -OCH3 is 1. The summed E-state index contributed by atoms with van der Waals surface area (Å²) in [6.45, 7) is 2.55. The van der Waals surface area contributed by atoms with Gasteiger partial charge in [0.15, 0.2) is 5.60 Å². The van der Waals surface area contributed by atoms with Crippen molar-refractivity contribution in [1.29, 1.82) is 0 Å². The second-order valence-electron chi connectivity index (χ2n) is 8.17. The van der Waals surface area contributed by atoms with Gasteiger partial charge in [0.1, 0.15) is 0 Å². The van der Waals surface area contributed by atoms with Gasteiger partial charge in [0.05, 0.1) is 13.5 Å². The Morgan fingerprint density at radius 3 is 2.77 bits per heavy atom. The highest BCUT2D eigenvalue weighted by Crippen LogP contribution is 2.45. The molecule has 166 valence electrons. The molecule has 1 saturated carbocycles. The molecule has 1 aromatic carbocycles. The molecule has 0 spiro atoms. The quantitative estimate of drug-likeness (QED) is 0.591. The first-order valence-electron chi connectivity index (χ1n) is 10.8. The van der Waals surface area contributed by atoms with Crippen LogP contribution in [0.2, 0.25) is 0 Å². The Bertz CT molecular complexity index is 903. The van der Waals surface area contributed by atoms with E-state index in [2.05, 4.69) is 17.2 Å². The van der Waals surface area contributed by atoms with Crippen molar-refractivity contribution in [2.75, 3.05) is 20.7 Å². The molecule has 2 aliphatic rings. The van der Waals surface area contributed by atoms with Gasteiger partial charge in [-0.15, -0.1) is 0 Å². The molecular formula is C24H30N2O5. The topological polar surface area (TPSA) is 84.9 Å². The number of benzene rings is 1. The molecule has 2 fully saturated rings. The van der Waals surface area contributed by atoms with Crippen molar-refractivity contribution in [2.24, 2.45) is 5.92 Å². The molecular weight excluding hydrogens is 396 g/mol. The first kappa shape index (κ1) is 22.7. The number of aryl methyl sites for hydroxylation is 1. The smallest absolute Gasteiger partial charge is 0.409 e. The fourth-order valence-electron chi connectivity index (χ4n) is 4.66. The number of hydrogen-bond donors (Lipinski definition) is 1.